The number of allylic oxidation sites excluding steroid dienone is 1. The van der Waals surface area contributed by atoms with E-state index in [1.54, 1.807) is 40.2 Å². The van der Waals surface area contributed by atoms with E-state index in [1.807, 2.05) is 6.07 Å². The molecule has 1 N–H and O–H groups in total. The van der Waals surface area contributed by atoms with E-state index < -0.39 is 12.0 Å². The van der Waals surface area contributed by atoms with Gasteiger partial charge in [0.2, 0.25) is 0 Å². The summed E-state index contributed by atoms with van der Waals surface area (Å²) in [5.41, 5.74) is 1.77. The fourth-order valence-corrected chi connectivity index (χ4v) is 3.17. The summed E-state index contributed by atoms with van der Waals surface area (Å²) < 4.78 is 15.9. The molecule has 2 rings (SSSR count). The van der Waals surface area contributed by atoms with Crippen molar-refractivity contribution >= 4 is 22.9 Å². The van der Waals surface area contributed by atoms with Crippen LogP contribution in [-0.4, -0.2) is 37.7 Å². The average molecular weight is 375 g/mol. The second-order valence-electron chi connectivity index (χ2n) is 5.28. The Hall–Kier alpha value is -2.66. The van der Waals surface area contributed by atoms with Gasteiger partial charge in [-0.05, 0) is 26.0 Å². The van der Waals surface area contributed by atoms with Crippen molar-refractivity contribution in [2.45, 2.75) is 19.9 Å². The number of nitrogens with zero attached hydrogens (tertiary/aromatic N) is 2. The molecule has 0 radical (unpaired) electrons. The highest BCUT2D eigenvalue weighted by Crippen LogP contribution is 2.39. The van der Waals surface area contributed by atoms with Gasteiger partial charge in [0.1, 0.15) is 17.5 Å². The van der Waals surface area contributed by atoms with E-state index in [0.717, 1.165) is 0 Å². The standard InChI is InChI=1S/C18H21N3O4S/c1-5-25-17(22)15-11(2)20-18(26-9-8-19)21-16(15)13-7-6-12(23-3)10-14(13)24-4/h6-7,10,16H,5,9H2,1-4H3,(H,20,21)/t16-/m0/s1. The first-order chi connectivity index (χ1) is 12.5. The molecule has 0 saturated carbocycles. The van der Waals surface area contributed by atoms with Crippen LogP contribution in [0.5, 0.6) is 11.5 Å². The van der Waals surface area contributed by atoms with Crippen molar-refractivity contribution in [1.29, 1.82) is 5.26 Å². The largest absolute Gasteiger partial charge is 0.497 e. The molecule has 0 saturated heterocycles. The van der Waals surface area contributed by atoms with Crippen molar-refractivity contribution in [3.63, 3.8) is 0 Å². The molecular formula is C18H21N3O4S. The average Bonchev–Trinajstić information content (AvgIpc) is 2.65. The molecule has 138 valence electrons. The van der Waals surface area contributed by atoms with Gasteiger partial charge in [-0.1, -0.05) is 11.8 Å². The third-order valence-corrected chi connectivity index (χ3v) is 4.48. The van der Waals surface area contributed by atoms with Gasteiger partial charge in [0.05, 0.1) is 38.2 Å². The predicted octanol–water partition coefficient (Wildman–Crippen LogP) is 2.80. The number of nitriles is 1. The molecule has 1 atom stereocenters. The summed E-state index contributed by atoms with van der Waals surface area (Å²) in [5.74, 6) is 1.01. The van der Waals surface area contributed by atoms with Crippen LogP contribution in [0.15, 0.2) is 34.5 Å². The smallest absolute Gasteiger partial charge is 0.338 e. The van der Waals surface area contributed by atoms with Gasteiger partial charge in [-0.25, -0.2) is 9.79 Å². The molecule has 0 bridgehead atoms. The van der Waals surface area contributed by atoms with Crippen LogP contribution in [-0.2, 0) is 9.53 Å². The topological polar surface area (TPSA) is 92.9 Å². The van der Waals surface area contributed by atoms with Gasteiger partial charge in [-0.2, -0.15) is 5.26 Å². The second kappa shape index (κ2) is 9.15. The third-order valence-electron chi connectivity index (χ3n) is 3.72. The molecule has 0 fully saturated rings. The molecule has 0 unspecified atom stereocenters. The zero-order valence-electron chi connectivity index (χ0n) is 15.2. The molecule has 1 aromatic carbocycles. The number of carbonyl (C=O) groups excluding carboxylic acids is 1. The summed E-state index contributed by atoms with van der Waals surface area (Å²) in [6.07, 6.45) is 0. The Labute approximate surface area is 157 Å². The molecule has 8 heteroatoms. The highest BCUT2D eigenvalue weighted by Gasteiger charge is 2.32. The molecule has 7 nitrogen and oxygen atoms in total. The summed E-state index contributed by atoms with van der Waals surface area (Å²) in [4.78, 5) is 17.1. The fourth-order valence-electron chi connectivity index (χ4n) is 2.56. The summed E-state index contributed by atoms with van der Waals surface area (Å²) in [5, 5.41) is 12.5. The summed E-state index contributed by atoms with van der Waals surface area (Å²) in [7, 11) is 3.12. The van der Waals surface area contributed by atoms with Gasteiger partial charge in [0.25, 0.3) is 0 Å². The van der Waals surface area contributed by atoms with Crippen LogP contribution >= 0.6 is 11.8 Å². The maximum atomic E-state index is 12.5. The molecule has 0 spiro atoms. The number of aliphatic imine (C=N–C) groups is 1. The van der Waals surface area contributed by atoms with Crippen molar-refractivity contribution < 1.29 is 19.0 Å². The molecule has 1 aliphatic heterocycles. The molecule has 1 aromatic rings. The van der Waals surface area contributed by atoms with E-state index in [2.05, 4.69) is 16.4 Å². The minimum Gasteiger partial charge on any atom is -0.497 e. The quantitative estimate of drug-likeness (QED) is 0.764. The first-order valence-electron chi connectivity index (χ1n) is 8.00. The van der Waals surface area contributed by atoms with Crippen molar-refractivity contribution in [1.82, 2.24) is 5.32 Å². The van der Waals surface area contributed by atoms with Crippen LogP contribution in [0.25, 0.3) is 0 Å². The zero-order valence-corrected chi connectivity index (χ0v) is 16.0. The number of thioether (sulfide) groups is 1. The number of hydrogen-bond donors (Lipinski definition) is 1. The highest BCUT2D eigenvalue weighted by molar-refractivity contribution is 8.14. The van der Waals surface area contributed by atoms with Gasteiger partial charge in [-0.3, -0.25) is 0 Å². The van der Waals surface area contributed by atoms with Crippen LogP contribution in [0.3, 0.4) is 0 Å². The van der Waals surface area contributed by atoms with E-state index in [9.17, 15) is 4.79 Å². The molecule has 0 aromatic heterocycles. The first-order valence-corrected chi connectivity index (χ1v) is 8.98. The summed E-state index contributed by atoms with van der Waals surface area (Å²) >= 11 is 1.27. The maximum Gasteiger partial charge on any atom is 0.338 e. The van der Waals surface area contributed by atoms with Gasteiger partial charge < -0.3 is 19.5 Å². The maximum absolute atomic E-state index is 12.5. The lowest BCUT2D eigenvalue weighted by Gasteiger charge is -2.26. The lowest BCUT2D eigenvalue weighted by atomic mass is 9.95. The minimum atomic E-state index is -0.600. The van der Waals surface area contributed by atoms with Crippen LogP contribution in [0.2, 0.25) is 0 Å². The molecule has 1 aliphatic rings. The number of methoxy groups -OCH3 is 2. The molecular weight excluding hydrogens is 354 g/mol. The van der Waals surface area contributed by atoms with Crippen molar-refractivity contribution in [3.05, 3.63) is 35.0 Å². The number of hydrogen-bond acceptors (Lipinski definition) is 8. The highest BCUT2D eigenvalue weighted by atomic mass is 32.2. The van der Waals surface area contributed by atoms with Crippen LogP contribution in [0.4, 0.5) is 0 Å². The first kappa shape index (κ1) is 19.7. The summed E-state index contributed by atoms with van der Waals surface area (Å²) in [6.45, 7) is 3.81. The van der Waals surface area contributed by atoms with E-state index >= 15 is 0 Å². The monoisotopic (exact) mass is 375 g/mol. The number of benzene rings is 1. The van der Waals surface area contributed by atoms with Crippen LogP contribution in [0.1, 0.15) is 25.5 Å². The Kier molecular flexibility index (Phi) is 6.92. The SMILES string of the molecule is CCOC(=O)C1=C(C)NC(SCC#N)=N[C@H]1c1ccc(OC)cc1OC. The Morgan fingerprint density at radius 2 is 2.15 bits per heavy atom. The van der Waals surface area contributed by atoms with Crippen LogP contribution < -0.4 is 14.8 Å². The van der Waals surface area contributed by atoms with Crippen molar-refractivity contribution in [2.24, 2.45) is 4.99 Å². The fraction of sp³-hybridized carbons (Fsp3) is 0.389. The molecule has 0 aliphatic carbocycles. The Balaban J connectivity index is 2.53. The number of nitrogens with one attached hydrogen (secondary N) is 1. The summed E-state index contributed by atoms with van der Waals surface area (Å²) in [6, 6.07) is 6.82. The number of amidine groups is 1. The van der Waals surface area contributed by atoms with Crippen molar-refractivity contribution in [2.75, 3.05) is 26.6 Å². The molecule has 1 heterocycles. The Morgan fingerprint density at radius 3 is 2.77 bits per heavy atom. The normalized spacial score (nSPS) is 16.3. The number of carbonyl (C=O) groups is 1. The lowest BCUT2D eigenvalue weighted by molar-refractivity contribution is -0.138. The Morgan fingerprint density at radius 1 is 1.38 bits per heavy atom. The van der Waals surface area contributed by atoms with Crippen molar-refractivity contribution in [3.8, 4) is 17.6 Å². The molecule has 0 amide bonds. The van der Waals surface area contributed by atoms with E-state index in [4.69, 9.17) is 19.5 Å². The van der Waals surface area contributed by atoms with Gasteiger partial charge in [-0.15, -0.1) is 0 Å². The van der Waals surface area contributed by atoms with Crippen LogP contribution in [0, 0.1) is 11.3 Å². The van der Waals surface area contributed by atoms with E-state index in [-0.39, 0.29) is 12.4 Å². The minimum absolute atomic E-state index is 0.250. The van der Waals surface area contributed by atoms with Gasteiger partial charge in [0, 0.05) is 17.3 Å². The number of esters is 1. The number of ether oxygens (including phenoxy) is 3. The van der Waals surface area contributed by atoms with E-state index in [0.29, 0.717) is 33.5 Å². The third kappa shape index (κ3) is 4.29. The van der Waals surface area contributed by atoms with Gasteiger partial charge >= 0.3 is 5.97 Å². The number of rotatable bonds is 6. The zero-order chi connectivity index (χ0) is 19.1. The van der Waals surface area contributed by atoms with E-state index in [1.165, 1.54) is 11.8 Å². The predicted molar refractivity (Wildman–Crippen MR) is 100 cm³/mol. The Bertz CT molecular complexity index is 783. The second-order valence-corrected chi connectivity index (χ2v) is 6.24. The molecule has 26 heavy (non-hydrogen) atoms. The lowest BCUT2D eigenvalue weighted by Crippen LogP contribution is -2.30. The van der Waals surface area contributed by atoms with Gasteiger partial charge in [0.15, 0.2) is 5.17 Å².